The van der Waals surface area contributed by atoms with Gasteiger partial charge in [0, 0.05) is 27.4 Å². The Kier molecular flexibility index (Phi) is 2.31. The summed E-state index contributed by atoms with van der Waals surface area (Å²) < 4.78 is 9.30. The Morgan fingerprint density at radius 2 is 1.92 bits per heavy atom. The van der Waals surface area contributed by atoms with Crippen LogP contribution >= 0.6 is 0 Å². The lowest BCUT2D eigenvalue weighted by molar-refractivity contribution is -0.0262. The van der Waals surface area contributed by atoms with E-state index in [-0.39, 0.29) is 11.1 Å². The molecule has 3 aromatic rings. The molecule has 1 aromatic heterocycles. The molecular formula is C23H25NO. The molecule has 2 aromatic carbocycles. The first kappa shape index (κ1) is 14.2. The molecule has 0 amide bonds. The van der Waals surface area contributed by atoms with Gasteiger partial charge >= 0.3 is 0 Å². The van der Waals surface area contributed by atoms with Crippen LogP contribution in [0.1, 0.15) is 57.1 Å². The van der Waals surface area contributed by atoms with Crippen LogP contribution in [0.15, 0.2) is 30.3 Å². The summed E-state index contributed by atoms with van der Waals surface area (Å²) in [5, 5.41) is 2.81. The van der Waals surface area contributed by atoms with Crippen LogP contribution in [0.5, 0.6) is 5.75 Å². The lowest BCUT2D eigenvalue weighted by Gasteiger charge is -2.55. The minimum absolute atomic E-state index is 0.0247. The number of fused-ring (bicyclic) bond motifs is 4. The first-order chi connectivity index (χ1) is 11.9. The molecular weight excluding hydrogens is 306 g/mol. The van der Waals surface area contributed by atoms with Crippen molar-refractivity contribution in [1.29, 1.82) is 0 Å². The van der Waals surface area contributed by atoms with Crippen molar-refractivity contribution in [3.63, 3.8) is 0 Å². The van der Waals surface area contributed by atoms with E-state index in [1.807, 2.05) is 0 Å². The number of nitrogens with zero attached hydrogens (tertiary/aromatic N) is 1. The van der Waals surface area contributed by atoms with Gasteiger partial charge in [-0.2, -0.15) is 0 Å². The number of rotatable bonds is 0. The first-order valence-electron chi connectivity index (χ1n) is 9.67. The van der Waals surface area contributed by atoms with Gasteiger partial charge in [0.1, 0.15) is 11.4 Å². The van der Waals surface area contributed by atoms with Crippen LogP contribution in [0.4, 0.5) is 0 Å². The third-order valence-corrected chi connectivity index (χ3v) is 7.46. The van der Waals surface area contributed by atoms with E-state index >= 15 is 0 Å². The number of benzene rings is 2. The van der Waals surface area contributed by atoms with Gasteiger partial charge in [0.05, 0.1) is 5.52 Å². The van der Waals surface area contributed by atoms with Crippen LogP contribution in [0.25, 0.3) is 21.8 Å². The number of hydrogen-bond donors (Lipinski definition) is 0. The van der Waals surface area contributed by atoms with Crippen LogP contribution in [0.2, 0.25) is 0 Å². The lowest BCUT2D eigenvalue weighted by atomic mass is 9.60. The summed E-state index contributed by atoms with van der Waals surface area (Å²) in [5.41, 5.74) is 5.81. The van der Waals surface area contributed by atoms with Gasteiger partial charge < -0.3 is 9.30 Å². The van der Waals surface area contributed by atoms with E-state index in [0.717, 1.165) is 0 Å². The fourth-order valence-electron chi connectivity index (χ4n) is 6.38. The topological polar surface area (TPSA) is 14.2 Å². The maximum absolute atomic E-state index is 6.66. The van der Waals surface area contributed by atoms with Crippen molar-refractivity contribution in [3.8, 4) is 5.75 Å². The first-order valence-corrected chi connectivity index (χ1v) is 9.67. The molecule has 0 N–H and O–H groups in total. The fourth-order valence-corrected chi connectivity index (χ4v) is 6.38. The lowest BCUT2D eigenvalue weighted by Crippen LogP contribution is -2.52. The Labute approximate surface area is 148 Å². The monoisotopic (exact) mass is 331 g/mol. The average Bonchev–Trinajstić information content (AvgIpc) is 2.89. The maximum atomic E-state index is 6.66. The van der Waals surface area contributed by atoms with E-state index in [1.165, 1.54) is 57.9 Å². The van der Waals surface area contributed by atoms with Crippen LogP contribution in [0.3, 0.4) is 0 Å². The number of ether oxygens (including phenoxy) is 1. The molecule has 1 saturated carbocycles. The second kappa shape index (κ2) is 4.06. The number of para-hydroxylation sites is 1. The Morgan fingerprint density at radius 3 is 2.76 bits per heavy atom. The SMILES string of the molecule is Cc1cc2c3ccccc3n3c2c2c1O[C@]1(C)CC[C@@H]([C@H]2C1)C3(C)C. The van der Waals surface area contributed by atoms with Gasteiger partial charge in [0.2, 0.25) is 0 Å². The molecule has 3 atom stereocenters. The molecule has 3 aliphatic rings. The van der Waals surface area contributed by atoms with Crippen molar-refractivity contribution in [1.82, 2.24) is 4.57 Å². The van der Waals surface area contributed by atoms with Gasteiger partial charge in [0.25, 0.3) is 0 Å². The largest absolute Gasteiger partial charge is 0.487 e. The third-order valence-electron chi connectivity index (χ3n) is 7.46. The van der Waals surface area contributed by atoms with E-state index in [0.29, 0.717) is 11.8 Å². The summed E-state index contributed by atoms with van der Waals surface area (Å²) in [6.45, 7) is 9.48. The smallest absolute Gasteiger partial charge is 0.128 e. The Hall–Kier alpha value is -1.96. The second-order valence-corrected chi connectivity index (χ2v) is 9.35. The third kappa shape index (κ3) is 1.49. The highest BCUT2D eigenvalue weighted by Crippen LogP contribution is 2.62. The zero-order valence-corrected chi connectivity index (χ0v) is 15.5. The predicted octanol–water partition coefficient (Wildman–Crippen LogP) is 5.89. The highest BCUT2D eigenvalue weighted by molar-refractivity contribution is 6.11. The molecule has 2 heteroatoms. The van der Waals surface area contributed by atoms with Crippen molar-refractivity contribution in [3.05, 3.63) is 41.5 Å². The van der Waals surface area contributed by atoms with E-state index in [9.17, 15) is 0 Å². The minimum Gasteiger partial charge on any atom is -0.487 e. The summed E-state index contributed by atoms with van der Waals surface area (Å²) in [4.78, 5) is 0. The van der Waals surface area contributed by atoms with Crippen LogP contribution in [-0.4, -0.2) is 10.2 Å². The second-order valence-electron chi connectivity index (χ2n) is 9.35. The summed E-state index contributed by atoms with van der Waals surface area (Å²) in [6.07, 6.45) is 3.60. The quantitative estimate of drug-likeness (QED) is 0.501. The van der Waals surface area contributed by atoms with E-state index in [2.05, 4.69) is 62.6 Å². The molecule has 2 aliphatic heterocycles. The zero-order chi connectivity index (χ0) is 17.1. The van der Waals surface area contributed by atoms with Gasteiger partial charge in [-0.05, 0) is 76.5 Å². The van der Waals surface area contributed by atoms with Gasteiger partial charge in [-0.25, -0.2) is 0 Å². The van der Waals surface area contributed by atoms with E-state index in [4.69, 9.17) is 4.74 Å². The van der Waals surface area contributed by atoms with Crippen molar-refractivity contribution < 1.29 is 4.74 Å². The molecule has 0 spiro atoms. The maximum Gasteiger partial charge on any atom is 0.128 e. The Morgan fingerprint density at radius 1 is 1.12 bits per heavy atom. The van der Waals surface area contributed by atoms with Crippen molar-refractivity contribution in [2.24, 2.45) is 5.92 Å². The van der Waals surface area contributed by atoms with Crippen molar-refractivity contribution >= 4 is 21.8 Å². The molecule has 0 radical (unpaired) electrons. The van der Waals surface area contributed by atoms with Crippen LogP contribution in [0, 0.1) is 12.8 Å². The molecule has 128 valence electrons. The standard InChI is InChI=1S/C23H25NO/c1-13-11-15-14-7-5-6-8-18(14)24-20(15)19-16-12-23(4,25-21(13)19)10-9-17(16)22(24,2)3/h5-8,11,16-17H,9-10,12H2,1-4H3/t16-,17+,23-/m1/s1. The van der Waals surface area contributed by atoms with Crippen molar-refractivity contribution in [2.45, 2.75) is 64.0 Å². The van der Waals surface area contributed by atoms with Crippen molar-refractivity contribution in [2.75, 3.05) is 0 Å². The highest BCUT2D eigenvalue weighted by Gasteiger charge is 2.54. The van der Waals surface area contributed by atoms with Crippen LogP contribution in [-0.2, 0) is 5.54 Å². The molecule has 0 unspecified atom stereocenters. The van der Waals surface area contributed by atoms with E-state index in [1.54, 1.807) is 0 Å². The predicted molar refractivity (Wildman–Crippen MR) is 103 cm³/mol. The summed E-state index contributed by atoms with van der Waals surface area (Å²) in [7, 11) is 0. The van der Waals surface area contributed by atoms with Gasteiger partial charge in [-0.3, -0.25) is 0 Å². The Bertz CT molecular complexity index is 1070. The molecule has 0 saturated heterocycles. The number of aryl methyl sites for hydroxylation is 1. The molecule has 6 rings (SSSR count). The summed E-state index contributed by atoms with van der Waals surface area (Å²) in [5.74, 6) is 2.52. The molecule has 2 nitrogen and oxygen atoms in total. The van der Waals surface area contributed by atoms with E-state index < -0.39 is 0 Å². The van der Waals surface area contributed by atoms with Gasteiger partial charge in [0.15, 0.2) is 0 Å². The minimum atomic E-state index is 0.0247. The number of aromatic nitrogens is 1. The normalized spacial score (nSPS) is 31.5. The Balaban J connectivity index is 1.89. The summed E-state index contributed by atoms with van der Waals surface area (Å²) >= 11 is 0. The van der Waals surface area contributed by atoms with Gasteiger partial charge in [-0.15, -0.1) is 0 Å². The highest BCUT2D eigenvalue weighted by atomic mass is 16.5. The molecule has 25 heavy (non-hydrogen) atoms. The molecule has 2 bridgehead atoms. The summed E-state index contributed by atoms with van der Waals surface area (Å²) in [6, 6.07) is 11.3. The average molecular weight is 331 g/mol. The van der Waals surface area contributed by atoms with Crippen LogP contribution < -0.4 is 4.74 Å². The zero-order valence-electron chi connectivity index (χ0n) is 15.5. The van der Waals surface area contributed by atoms with Gasteiger partial charge in [-0.1, -0.05) is 18.2 Å². The number of hydrogen-bond acceptors (Lipinski definition) is 1. The fraction of sp³-hybridized carbons (Fsp3) is 0.478. The molecule has 1 fully saturated rings. The molecule has 1 aliphatic carbocycles. The molecule has 3 heterocycles.